The van der Waals surface area contributed by atoms with Crippen molar-refractivity contribution in [3.8, 4) is 0 Å². The highest BCUT2D eigenvalue weighted by Gasteiger charge is 2.17. The van der Waals surface area contributed by atoms with Crippen LogP contribution in [0.15, 0.2) is 17.1 Å². The van der Waals surface area contributed by atoms with Gasteiger partial charge in [-0.1, -0.05) is 12.8 Å². The first kappa shape index (κ1) is 9.24. The summed E-state index contributed by atoms with van der Waals surface area (Å²) in [5, 5.41) is 3.00. The highest BCUT2D eigenvalue weighted by atomic mass is 16.3. The summed E-state index contributed by atoms with van der Waals surface area (Å²) in [5.41, 5.74) is 0.695. The van der Waals surface area contributed by atoms with Crippen molar-refractivity contribution in [1.29, 1.82) is 0 Å². The molecule has 2 rings (SSSR count). The molecule has 1 fully saturated rings. The van der Waals surface area contributed by atoms with Crippen molar-refractivity contribution < 1.29 is 9.21 Å². The molecule has 0 atom stereocenters. The number of rotatable bonds is 3. The van der Waals surface area contributed by atoms with Gasteiger partial charge < -0.3 is 9.73 Å². The molecule has 1 aliphatic carbocycles. The molecule has 1 heterocycles. The van der Waals surface area contributed by atoms with Gasteiger partial charge in [-0.15, -0.1) is 0 Å². The number of hydrogen-bond acceptors (Lipinski definition) is 3. The largest absolute Gasteiger partial charge is 0.451 e. The van der Waals surface area contributed by atoms with E-state index in [1.54, 1.807) is 0 Å². The lowest BCUT2D eigenvalue weighted by Crippen LogP contribution is -2.33. The van der Waals surface area contributed by atoms with Crippen molar-refractivity contribution in [2.75, 3.05) is 0 Å². The summed E-state index contributed by atoms with van der Waals surface area (Å²) in [6.45, 7) is 0. The summed E-state index contributed by atoms with van der Waals surface area (Å²) < 4.78 is 4.79. The molecule has 1 saturated carbocycles. The van der Waals surface area contributed by atoms with Gasteiger partial charge in [0, 0.05) is 6.04 Å². The first-order valence-electron chi connectivity index (χ1n) is 5.01. The minimum Gasteiger partial charge on any atom is -0.451 e. The average Bonchev–Trinajstić information content (AvgIpc) is 2.76. The monoisotopic (exact) mass is 194 g/mol. The second-order valence-electron chi connectivity index (χ2n) is 3.71. The van der Waals surface area contributed by atoms with Gasteiger partial charge in [0.25, 0.3) is 0 Å². The lowest BCUT2D eigenvalue weighted by atomic mass is 10.2. The Labute approximate surface area is 82.7 Å². The number of nitrogens with one attached hydrogen (secondary N) is 1. The highest BCUT2D eigenvalue weighted by molar-refractivity contribution is 5.78. The summed E-state index contributed by atoms with van der Waals surface area (Å²) in [7, 11) is 0. The highest BCUT2D eigenvalue weighted by Crippen LogP contribution is 2.17. The maximum Gasteiger partial charge on any atom is 0.226 e. The summed E-state index contributed by atoms with van der Waals surface area (Å²) in [5.74, 6) is 0.0470. The van der Waals surface area contributed by atoms with Crippen LogP contribution in [0.25, 0.3) is 0 Å². The Bertz CT molecular complexity index is 289. The van der Waals surface area contributed by atoms with E-state index in [9.17, 15) is 4.79 Å². The number of carbonyl (C=O) groups is 1. The fraction of sp³-hybridized carbons (Fsp3) is 0.600. The van der Waals surface area contributed by atoms with E-state index in [1.165, 1.54) is 25.5 Å². The SMILES string of the molecule is O=C(Cc1cocn1)NC1CCCC1. The Kier molecular flexibility index (Phi) is 2.81. The molecule has 0 unspecified atom stereocenters. The fourth-order valence-corrected chi connectivity index (χ4v) is 1.84. The van der Waals surface area contributed by atoms with E-state index in [2.05, 4.69) is 10.3 Å². The van der Waals surface area contributed by atoms with E-state index in [-0.39, 0.29) is 5.91 Å². The Hall–Kier alpha value is -1.32. The summed E-state index contributed by atoms with van der Waals surface area (Å²) in [6.07, 6.45) is 7.87. The van der Waals surface area contributed by atoms with Crippen LogP contribution in [-0.4, -0.2) is 16.9 Å². The molecular formula is C10H14N2O2. The standard InChI is InChI=1S/C10H14N2O2/c13-10(5-9-6-14-7-11-9)12-8-3-1-2-4-8/h6-8H,1-5H2,(H,12,13). The first-order chi connectivity index (χ1) is 6.84. The van der Waals surface area contributed by atoms with Crippen molar-refractivity contribution in [3.05, 3.63) is 18.4 Å². The topological polar surface area (TPSA) is 55.1 Å². The lowest BCUT2D eigenvalue weighted by Gasteiger charge is -2.10. The third kappa shape index (κ3) is 2.34. The van der Waals surface area contributed by atoms with Gasteiger partial charge in [0.05, 0.1) is 12.1 Å². The number of carbonyl (C=O) groups excluding carboxylic acids is 1. The maximum atomic E-state index is 11.5. The molecule has 76 valence electrons. The molecule has 0 spiro atoms. The number of aromatic nitrogens is 1. The second kappa shape index (κ2) is 4.26. The van der Waals surface area contributed by atoms with Crippen LogP contribution in [0.2, 0.25) is 0 Å². The Morgan fingerprint density at radius 1 is 1.57 bits per heavy atom. The molecular weight excluding hydrogens is 180 g/mol. The molecule has 0 bridgehead atoms. The zero-order valence-corrected chi connectivity index (χ0v) is 8.03. The van der Waals surface area contributed by atoms with Gasteiger partial charge in [-0.05, 0) is 12.8 Å². The van der Waals surface area contributed by atoms with Gasteiger partial charge in [-0.2, -0.15) is 0 Å². The Morgan fingerprint density at radius 3 is 3.00 bits per heavy atom. The van der Waals surface area contributed by atoms with Gasteiger partial charge in [0.15, 0.2) is 6.39 Å². The fourth-order valence-electron chi connectivity index (χ4n) is 1.84. The van der Waals surface area contributed by atoms with Crippen LogP contribution in [0.4, 0.5) is 0 Å². The molecule has 0 saturated heterocycles. The van der Waals surface area contributed by atoms with Gasteiger partial charge >= 0.3 is 0 Å². The van der Waals surface area contributed by atoms with Crippen molar-refractivity contribution in [2.45, 2.75) is 38.1 Å². The van der Waals surface area contributed by atoms with Crippen molar-refractivity contribution in [1.82, 2.24) is 10.3 Å². The van der Waals surface area contributed by atoms with Crippen molar-refractivity contribution >= 4 is 5.91 Å². The molecule has 1 amide bonds. The van der Waals surface area contributed by atoms with Gasteiger partial charge in [0.1, 0.15) is 6.26 Å². The molecule has 0 radical (unpaired) electrons. The van der Waals surface area contributed by atoms with Crippen LogP contribution < -0.4 is 5.32 Å². The van der Waals surface area contributed by atoms with Gasteiger partial charge in [-0.25, -0.2) is 4.98 Å². The molecule has 1 aromatic heterocycles. The number of oxazole rings is 1. The summed E-state index contributed by atoms with van der Waals surface area (Å²) in [4.78, 5) is 15.4. The quantitative estimate of drug-likeness (QED) is 0.788. The Morgan fingerprint density at radius 2 is 2.36 bits per heavy atom. The summed E-state index contributed by atoms with van der Waals surface area (Å²) >= 11 is 0. The molecule has 1 N–H and O–H groups in total. The molecule has 4 heteroatoms. The van der Waals surface area contributed by atoms with Crippen LogP contribution in [0.3, 0.4) is 0 Å². The third-order valence-corrected chi connectivity index (χ3v) is 2.55. The molecule has 14 heavy (non-hydrogen) atoms. The zero-order chi connectivity index (χ0) is 9.80. The molecule has 1 aromatic rings. The van der Waals surface area contributed by atoms with E-state index in [0.29, 0.717) is 18.2 Å². The van der Waals surface area contributed by atoms with E-state index < -0.39 is 0 Å². The summed E-state index contributed by atoms with van der Waals surface area (Å²) in [6, 6.07) is 0.384. The Balaban J connectivity index is 1.78. The molecule has 1 aliphatic rings. The molecule has 4 nitrogen and oxygen atoms in total. The average molecular weight is 194 g/mol. The van der Waals surface area contributed by atoms with E-state index in [0.717, 1.165) is 12.8 Å². The lowest BCUT2D eigenvalue weighted by molar-refractivity contribution is -0.121. The van der Waals surface area contributed by atoms with Crippen LogP contribution >= 0.6 is 0 Å². The van der Waals surface area contributed by atoms with E-state index in [1.807, 2.05) is 0 Å². The van der Waals surface area contributed by atoms with E-state index >= 15 is 0 Å². The van der Waals surface area contributed by atoms with Crippen LogP contribution in [0.5, 0.6) is 0 Å². The molecule has 0 aliphatic heterocycles. The van der Waals surface area contributed by atoms with Crippen LogP contribution in [0.1, 0.15) is 31.4 Å². The van der Waals surface area contributed by atoms with Crippen molar-refractivity contribution in [3.63, 3.8) is 0 Å². The zero-order valence-electron chi connectivity index (χ0n) is 8.03. The minimum absolute atomic E-state index is 0.0470. The number of hydrogen-bond donors (Lipinski definition) is 1. The predicted molar refractivity (Wildman–Crippen MR) is 50.6 cm³/mol. The normalized spacial score (nSPS) is 17.1. The first-order valence-corrected chi connectivity index (χ1v) is 5.01. The van der Waals surface area contributed by atoms with Gasteiger partial charge in [-0.3, -0.25) is 4.79 Å². The van der Waals surface area contributed by atoms with E-state index in [4.69, 9.17) is 4.42 Å². The predicted octanol–water partition coefficient (Wildman–Crippen LogP) is 1.28. The maximum absolute atomic E-state index is 11.5. The molecule has 0 aromatic carbocycles. The van der Waals surface area contributed by atoms with Gasteiger partial charge in [0.2, 0.25) is 5.91 Å². The number of nitrogens with zero attached hydrogens (tertiary/aromatic N) is 1. The smallest absolute Gasteiger partial charge is 0.226 e. The third-order valence-electron chi connectivity index (χ3n) is 2.55. The second-order valence-corrected chi connectivity index (χ2v) is 3.71. The number of amides is 1. The van der Waals surface area contributed by atoms with Crippen LogP contribution in [-0.2, 0) is 11.2 Å². The minimum atomic E-state index is 0.0470. The van der Waals surface area contributed by atoms with Crippen molar-refractivity contribution in [2.24, 2.45) is 0 Å². The van der Waals surface area contributed by atoms with Crippen LogP contribution in [0, 0.1) is 0 Å².